The summed E-state index contributed by atoms with van der Waals surface area (Å²) in [4.78, 5) is 11.6. The van der Waals surface area contributed by atoms with Gasteiger partial charge in [-0.2, -0.15) is 0 Å². The minimum atomic E-state index is -0.828. The van der Waals surface area contributed by atoms with Crippen molar-refractivity contribution in [2.45, 2.75) is 19.8 Å². The lowest BCUT2D eigenvalue weighted by atomic mass is 9.87. The van der Waals surface area contributed by atoms with Gasteiger partial charge in [-0.05, 0) is 46.9 Å². The highest BCUT2D eigenvalue weighted by Crippen LogP contribution is 2.33. The standard InChI is InChI=1S/C18H19ClO3/c1-11(2)17(18(20)21)14-8-13(9-16(10-14)22-3)12-4-6-15(19)7-5-12/h4-11,17H,1-3H3,(H,20,21). The van der Waals surface area contributed by atoms with Crippen LogP contribution in [-0.4, -0.2) is 18.2 Å². The van der Waals surface area contributed by atoms with Gasteiger partial charge in [0.2, 0.25) is 0 Å². The van der Waals surface area contributed by atoms with Gasteiger partial charge < -0.3 is 9.84 Å². The zero-order valence-electron chi connectivity index (χ0n) is 12.8. The van der Waals surface area contributed by atoms with Crippen molar-refractivity contribution < 1.29 is 14.6 Å². The van der Waals surface area contributed by atoms with Gasteiger partial charge in [0.25, 0.3) is 0 Å². The number of benzene rings is 2. The molecule has 1 N–H and O–H groups in total. The first-order valence-electron chi connectivity index (χ1n) is 7.10. The normalized spacial score (nSPS) is 12.2. The molecule has 2 aromatic carbocycles. The Morgan fingerprint density at radius 3 is 2.23 bits per heavy atom. The van der Waals surface area contributed by atoms with Crippen LogP contribution in [0.2, 0.25) is 5.02 Å². The maximum atomic E-state index is 11.6. The number of carboxylic acids is 1. The average molecular weight is 319 g/mol. The van der Waals surface area contributed by atoms with Crippen LogP contribution in [0.25, 0.3) is 11.1 Å². The van der Waals surface area contributed by atoms with Crippen molar-refractivity contribution in [3.63, 3.8) is 0 Å². The maximum Gasteiger partial charge on any atom is 0.311 e. The fourth-order valence-corrected chi connectivity index (χ4v) is 2.67. The predicted octanol–water partition coefficient (Wildman–Crippen LogP) is 4.84. The van der Waals surface area contributed by atoms with E-state index in [4.69, 9.17) is 16.3 Å². The number of rotatable bonds is 5. The topological polar surface area (TPSA) is 46.5 Å². The summed E-state index contributed by atoms with van der Waals surface area (Å²) in [5, 5.41) is 10.2. The van der Waals surface area contributed by atoms with Crippen molar-refractivity contribution in [3.8, 4) is 16.9 Å². The highest BCUT2D eigenvalue weighted by atomic mass is 35.5. The Balaban J connectivity index is 2.54. The van der Waals surface area contributed by atoms with Crippen LogP contribution in [0.15, 0.2) is 42.5 Å². The molecule has 0 amide bonds. The third-order valence-corrected chi connectivity index (χ3v) is 3.89. The van der Waals surface area contributed by atoms with E-state index in [0.29, 0.717) is 10.8 Å². The lowest BCUT2D eigenvalue weighted by molar-refractivity contribution is -0.139. The molecule has 4 heteroatoms. The molecule has 0 aliphatic carbocycles. The average Bonchev–Trinajstić information content (AvgIpc) is 2.46. The molecule has 0 bridgehead atoms. The first-order valence-corrected chi connectivity index (χ1v) is 7.48. The molecule has 0 fully saturated rings. The molecule has 1 unspecified atom stereocenters. The van der Waals surface area contributed by atoms with Crippen LogP contribution >= 0.6 is 11.6 Å². The Hall–Kier alpha value is -2.00. The van der Waals surface area contributed by atoms with Gasteiger partial charge in [0.15, 0.2) is 0 Å². The molecule has 2 aromatic rings. The first kappa shape index (κ1) is 16.4. The van der Waals surface area contributed by atoms with E-state index < -0.39 is 11.9 Å². The summed E-state index contributed by atoms with van der Waals surface area (Å²) in [5.41, 5.74) is 2.63. The first-order chi connectivity index (χ1) is 10.4. The van der Waals surface area contributed by atoms with Crippen LogP contribution in [0.5, 0.6) is 5.75 Å². The van der Waals surface area contributed by atoms with E-state index in [2.05, 4.69) is 0 Å². The zero-order valence-corrected chi connectivity index (χ0v) is 13.6. The van der Waals surface area contributed by atoms with Crippen LogP contribution in [0.4, 0.5) is 0 Å². The van der Waals surface area contributed by atoms with Gasteiger partial charge >= 0.3 is 5.97 Å². The third-order valence-electron chi connectivity index (χ3n) is 3.63. The minimum Gasteiger partial charge on any atom is -0.497 e. The van der Waals surface area contributed by atoms with E-state index in [1.165, 1.54) is 0 Å². The molecule has 0 aliphatic rings. The Bertz CT molecular complexity index is 663. The van der Waals surface area contributed by atoms with Gasteiger partial charge in [0.05, 0.1) is 13.0 Å². The van der Waals surface area contributed by atoms with Crippen molar-refractivity contribution in [1.82, 2.24) is 0 Å². The van der Waals surface area contributed by atoms with E-state index in [9.17, 15) is 9.90 Å². The monoisotopic (exact) mass is 318 g/mol. The lowest BCUT2D eigenvalue weighted by Gasteiger charge is -2.18. The summed E-state index contributed by atoms with van der Waals surface area (Å²) < 4.78 is 5.33. The summed E-state index contributed by atoms with van der Waals surface area (Å²) in [6.07, 6.45) is 0. The molecule has 116 valence electrons. The van der Waals surface area contributed by atoms with Gasteiger partial charge in [-0.1, -0.05) is 43.6 Å². The zero-order chi connectivity index (χ0) is 16.3. The van der Waals surface area contributed by atoms with E-state index in [1.54, 1.807) is 13.2 Å². The molecule has 1 atom stereocenters. The maximum absolute atomic E-state index is 11.6. The molecular weight excluding hydrogens is 300 g/mol. The molecule has 0 saturated carbocycles. The van der Waals surface area contributed by atoms with Crippen molar-refractivity contribution in [2.75, 3.05) is 7.11 Å². The predicted molar refractivity (Wildman–Crippen MR) is 88.7 cm³/mol. The van der Waals surface area contributed by atoms with Crippen LogP contribution in [0.1, 0.15) is 25.3 Å². The molecule has 2 rings (SSSR count). The van der Waals surface area contributed by atoms with Crippen molar-refractivity contribution >= 4 is 17.6 Å². The van der Waals surface area contributed by atoms with Crippen molar-refractivity contribution in [2.24, 2.45) is 5.92 Å². The molecule has 0 spiro atoms. The van der Waals surface area contributed by atoms with E-state index in [0.717, 1.165) is 16.7 Å². The number of methoxy groups -OCH3 is 1. The Labute approximate surface area is 135 Å². The second-order valence-corrected chi connectivity index (χ2v) is 6.00. The Morgan fingerprint density at radius 2 is 1.73 bits per heavy atom. The molecule has 3 nitrogen and oxygen atoms in total. The highest BCUT2D eigenvalue weighted by molar-refractivity contribution is 6.30. The third kappa shape index (κ3) is 3.60. The second kappa shape index (κ2) is 6.84. The summed E-state index contributed by atoms with van der Waals surface area (Å²) in [6.45, 7) is 3.81. The van der Waals surface area contributed by atoms with Gasteiger partial charge in [0, 0.05) is 5.02 Å². The second-order valence-electron chi connectivity index (χ2n) is 5.56. The lowest BCUT2D eigenvalue weighted by Crippen LogP contribution is -2.17. The molecule has 0 saturated heterocycles. The Kier molecular flexibility index (Phi) is 5.09. The fraction of sp³-hybridized carbons (Fsp3) is 0.278. The number of carbonyl (C=O) groups is 1. The molecule has 0 heterocycles. The SMILES string of the molecule is COc1cc(-c2ccc(Cl)cc2)cc(C(C(=O)O)C(C)C)c1. The fourth-order valence-electron chi connectivity index (χ4n) is 2.54. The molecule has 0 aliphatic heterocycles. The summed E-state index contributed by atoms with van der Waals surface area (Å²) >= 11 is 5.92. The molecular formula is C18H19ClO3. The quantitative estimate of drug-likeness (QED) is 0.858. The summed E-state index contributed by atoms with van der Waals surface area (Å²) in [5.74, 6) is -0.761. The number of aliphatic carboxylic acids is 1. The largest absolute Gasteiger partial charge is 0.497 e. The highest BCUT2D eigenvalue weighted by Gasteiger charge is 2.24. The Morgan fingerprint density at radius 1 is 1.09 bits per heavy atom. The van der Waals surface area contributed by atoms with Crippen LogP contribution < -0.4 is 4.74 Å². The number of hydrogen-bond donors (Lipinski definition) is 1. The van der Waals surface area contributed by atoms with Gasteiger partial charge in [-0.15, -0.1) is 0 Å². The van der Waals surface area contributed by atoms with Gasteiger partial charge in [0.1, 0.15) is 5.75 Å². The van der Waals surface area contributed by atoms with E-state index >= 15 is 0 Å². The number of halogens is 1. The smallest absolute Gasteiger partial charge is 0.311 e. The van der Waals surface area contributed by atoms with Gasteiger partial charge in [-0.25, -0.2) is 0 Å². The number of ether oxygens (including phenoxy) is 1. The van der Waals surface area contributed by atoms with Crippen molar-refractivity contribution in [3.05, 3.63) is 53.1 Å². The van der Waals surface area contributed by atoms with Crippen molar-refractivity contribution in [1.29, 1.82) is 0 Å². The van der Waals surface area contributed by atoms with Crippen LogP contribution in [-0.2, 0) is 4.79 Å². The number of hydrogen-bond acceptors (Lipinski definition) is 2. The van der Waals surface area contributed by atoms with Gasteiger partial charge in [-0.3, -0.25) is 4.79 Å². The van der Waals surface area contributed by atoms with E-state index in [-0.39, 0.29) is 5.92 Å². The van der Waals surface area contributed by atoms with Crippen LogP contribution in [0, 0.1) is 5.92 Å². The number of carboxylic acid groups (broad SMARTS) is 1. The molecule has 22 heavy (non-hydrogen) atoms. The molecule has 0 radical (unpaired) electrons. The van der Waals surface area contributed by atoms with Crippen LogP contribution in [0.3, 0.4) is 0 Å². The molecule has 0 aromatic heterocycles. The van der Waals surface area contributed by atoms with E-state index in [1.807, 2.05) is 50.2 Å². The summed E-state index contributed by atoms with van der Waals surface area (Å²) in [6, 6.07) is 13.0. The summed E-state index contributed by atoms with van der Waals surface area (Å²) in [7, 11) is 1.58. The minimum absolute atomic E-state index is 0.0114.